The van der Waals surface area contributed by atoms with Gasteiger partial charge < -0.3 is 9.03 Å². The van der Waals surface area contributed by atoms with Crippen molar-refractivity contribution >= 4 is 27.9 Å². The van der Waals surface area contributed by atoms with Crippen molar-refractivity contribution in [3.63, 3.8) is 0 Å². The summed E-state index contributed by atoms with van der Waals surface area (Å²) < 4.78 is 1.86. The van der Waals surface area contributed by atoms with Crippen LogP contribution in [0.2, 0.25) is 0 Å². The highest BCUT2D eigenvalue weighted by Gasteiger charge is 2.07. The van der Waals surface area contributed by atoms with Gasteiger partial charge in [0.15, 0.2) is 0 Å². The molecule has 1 aliphatic rings. The fraction of sp³-hybridized carbons (Fsp3) is 0.500. The summed E-state index contributed by atoms with van der Waals surface area (Å²) in [5.41, 5.74) is 0. The second kappa shape index (κ2) is 2.75. The Kier molecular flexibility index (Phi) is 2.22. The predicted molar refractivity (Wildman–Crippen MR) is 38.4 cm³/mol. The van der Waals surface area contributed by atoms with Crippen molar-refractivity contribution in [3.8, 4) is 0 Å². The van der Waals surface area contributed by atoms with Gasteiger partial charge in [-0.3, -0.25) is 0 Å². The summed E-state index contributed by atoms with van der Waals surface area (Å²) in [7, 11) is 0. The van der Waals surface area contributed by atoms with E-state index in [2.05, 4.69) is 16.1 Å². The van der Waals surface area contributed by atoms with Gasteiger partial charge in [0, 0.05) is 27.3 Å². The third-order valence-electron chi connectivity index (χ3n) is 0.813. The van der Waals surface area contributed by atoms with Gasteiger partial charge in [-0.2, -0.15) is 0 Å². The van der Waals surface area contributed by atoms with Crippen molar-refractivity contribution in [2.45, 2.75) is 0 Å². The largest absolute Gasteiger partial charge is 0.391 e. The van der Waals surface area contributed by atoms with Crippen molar-refractivity contribution in [1.29, 1.82) is 0 Å². The van der Waals surface area contributed by atoms with Crippen LogP contribution in [0.5, 0.6) is 0 Å². The smallest absolute Gasteiger partial charge is 0.0789 e. The number of nitrogens with zero attached hydrogens (tertiary/aromatic N) is 1. The lowest BCUT2D eigenvalue weighted by Crippen LogP contribution is -1.92. The summed E-state index contributed by atoms with van der Waals surface area (Å²) in [6.07, 6.45) is 1.88. The normalized spacial score (nSPS) is 19.2. The van der Waals surface area contributed by atoms with Gasteiger partial charge in [-0.15, -0.1) is 11.8 Å². The van der Waals surface area contributed by atoms with E-state index in [1.54, 1.807) is 11.8 Å². The summed E-state index contributed by atoms with van der Waals surface area (Å²) in [5, 5.41) is 8.55. The maximum atomic E-state index is 8.55. The monoisotopic (exact) mass is 195 g/mol. The molecule has 1 aliphatic heterocycles. The summed E-state index contributed by atoms with van der Waals surface area (Å²) >= 11 is 4.89. The van der Waals surface area contributed by atoms with E-state index in [0.717, 1.165) is 10.8 Å². The second-order valence-corrected chi connectivity index (χ2v) is 3.41. The summed E-state index contributed by atoms with van der Waals surface area (Å²) in [6, 6.07) is 0. The Hall–Kier alpha value is 0.330. The highest BCUT2D eigenvalue weighted by molar-refractivity contribution is 9.07. The van der Waals surface area contributed by atoms with E-state index in [1.165, 1.54) is 0 Å². The second-order valence-electron chi connectivity index (χ2n) is 1.43. The van der Waals surface area contributed by atoms with Gasteiger partial charge in [0.05, 0.1) is 12.5 Å². The first-order valence-corrected chi connectivity index (χ1v) is 3.89. The SMILES string of the molecule is OCC1=CN(Br)CS1. The molecule has 0 aliphatic carbocycles. The highest BCUT2D eigenvalue weighted by Crippen LogP contribution is 2.26. The third-order valence-corrected chi connectivity index (χ3v) is 2.61. The number of thioether (sulfide) groups is 1. The van der Waals surface area contributed by atoms with Gasteiger partial charge in [-0.05, 0) is 0 Å². The molecule has 0 aromatic carbocycles. The van der Waals surface area contributed by atoms with Gasteiger partial charge in [0.25, 0.3) is 0 Å². The zero-order valence-corrected chi connectivity index (χ0v) is 6.57. The first-order chi connectivity index (χ1) is 3.83. The highest BCUT2D eigenvalue weighted by atomic mass is 79.9. The lowest BCUT2D eigenvalue weighted by Gasteiger charge is -1.97. The quantitative estimate of drug-likeness (QED) is 0.636. The number of rotatable bonds is 1. The number of hydrogen-bond donors (Lipinski definition) is 1. The van der Waals surface area contributed by atoms with Crippen molar-refractivity contribution in [2.75, 3.05) is 12.5 Å². The molecule has 2 nitrogen and oxygen atoms in total. The summed E-state index contributed by atoms with van der Waals surface area (Å²) in [4.78, 5) is 1.02. The molecule has 0 spiro atoms. The van der Waals surface area contributed by atoms with Gasteiger partial charge in [0.1, 0.15) is 0 Å². The van der Waals surface area contributed by atoms with Gasteiger partial charge in [-0.25, -0.2) is 0 Å². The zero-order valence-electron chi connectivity index (χ0n) is 4.17. The Morgan fingerprint density at radius 1 is 2.00 bits per heavy atom. The van der Waals surface area contributed by atoms with E-state index >= 15 is 0 Å². The molecule has 46 valence electrons. The molecule has 0 saturated heterocycles. The standard InChI is InChI=1S/C4H6BrNOS/c5-6-1-4(2-7)8-3-6/h1,7H,2-3H2. The van der Waals surface area contributed by atoms with Crippen molar-refractivity contribution < 1.29 is 5.11 Å². The lowest BCUT2D eigenvalue weighted by atomic mass is 10.6. The Balaban J connectivity index is 2.44. The number of halogens is 1. The van der Waals surface area contributed by atoms with Gasteiger partial charge in [-0.1, -0.05) is 0 Å². The van der Waals surface area contributed by atoms with Crippen LogP contribution in [-0.4, -0.2) is 21.5 Å². The van der Waals surface area contributed by atoms with E-state index in [1.807, 2.05) is 10.1 Å². The third kappa shape index (κ3) is 1.40. The molecule has 8 heavy (non-hydrogen) atoms. The van der Waals surface area contributed by atoms with Gasteiger partial charge >= 0.3 is 0 Å². The van der Waals surface area contributed by atoms with Crippen LogP contribution in [0.1, 0.15) is 0 Å². The molecule has 0 aromatic heterocycles. The summed E-state index contributed by atoms with van der Waals surface area (Å²) in [6.45, 7) is 0.159. The van der Waals surface area contributed by atoms with Gasteiger partial charge in [0.2, 0.25) is 0 Å². The van der Waals surface area contributed by atoms with Crippen LogP contribution in [0.4, 0.5) is 0 Å². The average molecular weight is 196 g/mol. The van der Waals surface area contributed by atoms with Crippen LogP contribution >= 0.6 is 27.9 Å². The van der Waals surface area contributed by atoms with Crippen LogP contribution in [-0.2, 0) is 0 Å². The Morgan fingerprint density at radius 3 is 3.00 bits per heavy atom. The molecular formula is C4H6BrNOS. The minimum absolute atomic E-state index is 0.159. The van der Waals surface area contributed by atoms with E-state index in [0.29, 0.717) is 0 Å². The van der Waals surface area contributed by atoms with Crippen molar-refractivity contribution in [1.82, 2.24) is 3.93 Å². The molecule has 0 amide bonds. The zero-order chi connectivity index (χ0) is 5.98. The molecule has 0 bridgehead atoms. The minimum Gasteiger partial charge on any atom is -0.391 e. The molecule has 1 rings (SSSR count). The van der Waals surface area contributed by atoms with Crippen LogP contribution in [0, 0.1) is 0 Å². The van der Waals surface area contributed by atoms with Crippen LogP contribution < -0.4 is 0 Å². The maximum Gasteiger partial charge on any atom is 0.0789 e. The predicted octanol–water partition coefficient (Wildman–Crippen LogP) is 1.14. The van der Waals surface area contributed by atoms with E-state index < -0.39 is 0 Å². The number of aliphatic hydroxyl groups is 1. The molecule has 1 heterocycles. The molecular weight excluding hydrogens is 190 g/mol. The Bertz CT molecular complexity index is 117. The van der Waals surface area contributed by atoms with Crippen LogP contribution in [0.3, 0.4) is 0 Å². The first-order valence-electron chi connectivity index (χ1n) is 2.19. The fourth-order valence-electron chi connectivity index (χ4n) is 0.462. The molecule has 0 fully saturated rings. The topological polar surface area (TPSA) is 23.5 Å². The Morgan fingerprint density at radius 2 is 2.75 bits per heavy atom. The number of aliphatic hydroxyl groups excluding tert-OH is 1. The minimum atomic E-state index is 0.159. The van der Waals surface area contributed by atoms with Crippen LogP contribution in [0.25, 0.3) is 0 Å². The molecule has 4 heteroatoms. The number of hydrogen-bond acceptors (Lipinski definition) is 3. The van der Waals surface area contributed by atoms with Crippen molar-refractivity contribution in [2.24, 2.45) is 0 Å². The average Bonchev–Trinajstić information content (AvgIpc) is 2.14. The van der Waals surface area contributed by atoms with E-state index in [-0.39, 0.29) is 6.61 Å². The van der Waals surface area contributed by atoms with E-state index in [9.17, 15) is 0 Å². The summed E-state index contributed by atoms with van der Waals surface area (Å²) in [5.74, 6) is 0.899. The maximum absolute atomic E-state index is 8.55. The lowest BCUT2D eigenvalue weighted by molar-refractivity contribution is 0.339. The fourth-order valence-corrected chi connectivity index (χ4v) is 1.81. The Labute approximate surface area is 60.9 Å². The van der Waals surface area contributed by atoms with E-state index in [4.69, 9.17) is 5.11 Å². The molecule has 0 saturated carbocycles. The molecule has 1 N–H and O–H groups in total. The van der Waals surface area contributed by atoms with Crippen molar-refractivity contribution in [3.05, 3.63) is 11.1 Å². The van der Waals surface area contributed by atoms with Crippen LogP contribution in [0.15, 0.2) is 11.1 Å². The molecule has 0 atom stereocenters. The molecule has 0 unspecified atom stereocenters. The molecule has 0 aromatic rings. The first kappa shape index (κ1) is 6.45. The molecule has 0 radical (unpaired) electrons.